The molecule has 0 bridgehead atoms. The van der Waals surface area contributed by atoms with E-state index in [2.05, 4.69) is 5.32 Å². The molecule has 7 heteroatoms. The molecule has 3 heterocycles. The highest BCUT2D eigenvalue weighted by atomic mass is 16.5. The summed E-state index contributed by atoms with van der Waals surface area (Å²) in [7, 11) is 3.53. The number of likely N-dealkylation sites (tertiary alicyclic amines) is 1. The summed E-state index contributed by atoms with van der Waals surface area (Å²) in [5, 5.41) is 2.64. The molecular formula is C15H21N3O4. The normalized spacial score (nSPS) is 24.1. The summed E-state index contributed by atoms with van der Waals surface area (Å²) in [6.45, 7) is 3.85. The van der Waals surface area contributed by atoms with Crippen LogP contribution in [0.3, 0.4) is 0 Å². The number of furan rings is 1. The number of nitrogens with one attached hydrogen (secondary N) is 1. The van der Waals surface area contributed by atoms with Gasteiger partial charge in [-0.1, -0.05) is 0 Å². The van der Waals surface area contributed by atoms with E-state index in [0.717, 1.165) is 0 Å². The Morgan fingerprint density at radius 3 is 2.64 bits per heavy atom. The first-order valence-electron chi connectivity index (χ1n) is 7.35. The molecule has 2 fully saturated rings. The molecule has 7 nitrogen and oxygen atoms in total. The Hall–Kier alpha value is -1.86. The van der Waals surface area contributed by atoms with Crippen LogP contribution in [-0.4, -0.2) is 73.6 Å². The first kappa shape index (κ1) is 15.1. The predicted molar refractivity (Wildman–Crippen MR) is 78.5 cm³/mol. The highest BCUT2D eigenvalue weighted by Crippen LogP contribution is 2.32. The number of amides is 2. The maximum atomic E-state index is 12.4. The van der Waals surface area contributed by atoms with Crippen LogP contribution in [-0.2, 0) is 9.53 Å². The zero-order valence-corrected chi connectivity index (χ0v) is 13.1. The molecule has 2 amide bonds. The molecular weight excluding hydrogens is 286 g/mol. The first-order valence-corrected chi connectivity index (χ1v) is 7.35. The molecule has 0 unspecified atom stereocenters. The number of ether oxygens (including phenoxy) is 1. The first-order chi connectivity index (χ1) is 10.5. The maximum Gasteiger partial charge on any atom is 0.257 e. The van der Waals surface area contributed by atoms with Gasteiger partial charge in [0.15, 0.2) is 0 Å². The molecule has 120 valence electrons. The van der Waals surface area contributed by atoms with Gasteiger partial charge in [0, 0.05) is 13.6 Å². The number of morpholine rings is 1. The van der Waals surface area contributed by atoms with Crippen LogP contribution in [0, 0.1) is 6.92 Å². The van der Waals surface area contributed by atoms with Gasteiger partial charge in [0.25, 0.3) is 5.91 Å². The second-order valence-corrected chi connectivity index (χ2v) is 6.09. The number of rotatable bonds is 2. The fourth-order valence-electron chi connectivity index (χ4n) is 3.20. The third kappa shape index (κ3) is 2.40. The minimum Gasteiger partial charge on any atom is -0.469 e. The number of likely N-dealkylation sites (N-methyl/N-ethyl adjacent to an activating group) is 2. The third-order valence-electron chi connectivity index (χ3n) is 4.50. The van der Waals surface area contributed by atoms with Gasteiger partial charge in [-0.2, -0.15) is 0 Å². The van der Waals surface area contributed by atoms with Crippen molar-refractivity contribution in [1.82, 2.24) is 15.1 Å². The summed E-state index contributed by atoms with van der Waals surface area (Å²) in [5.74, 6) is 0.558. The number of hydrogen-bond acceptors (Lipinski definition) is 5. The van der Waals surface area contributed by atoms with Crippen molar-refractivity contribution in [2.45, 2.75) is 18.6 Å². The van der Waals surface area contributed by atoms with E-state index in [1.165, 1.54) is 6.26 Å². The van der Waals surface area contributed by atoms with Crippen LogP contribution in [0.4, 0.5) is 0 Å². The molecule has 1 atom stereocenters. The Balaban J connectivity index is 1.60. The van der Waals surface area contributed by atoms with Crippen molar-refractivity contribution in [3.63, 3.8) is 0 Å². The van der Waals surface area contributed by atoms with Gasteiger partial charge in [-0.3, -0.25) is 14.5 Å². The zero-order valence-electron chi connectivity index (χ0n) is 13.1. The number of aryl methyl sites for hydroxylation is 1. The van der Waals surface area contributed by atoms with E-state index in [0.29, 0.717) is 37.6 Å². The molecule has 2 aliphatic heterocycles. The summed E-state index contributed by atoms with van der Waals surface area (Å²) < 4.78 is 11.1. The van der Waals surface area contributed by atoms with Crippen molar-refractivity contribution in [3.8, 4) is 0 Å². The summed E-state index contributed by atoms with van der Waals surface area (Å²) in [6, 6.07) is 1.43. The van der Waals surface area contributed by atoms with E-state index < -0.39 is 0 Å². The Labute approximate surface area is 129 Å². The molecule has 0 aromatic carbocycles. The fraction of sp³-hybridized carbons (Fsp3) is 0.600. The summed E-state index contributed by atoms with van der Waals surface area (Å²) >= 11 is 0. The molecule has 0 radical (unpaired) electrons. The van der Waals surface area contributed by atoms with E-state index in [4.69, 9.17) is 9.15 Å². The van der Waals surface area contributed by atoms with Crippen molar-refractivity contribution in [1.29, 1.82) is 0 Å². The molecule has 0 aliphatic carbocycles. The number of carbonyl (C=O) groups is 2. The molecule has 1 aromatic rings. The van der Waals surface area contributed by atoms with Gasteiger partial charge in [0.1, 0.15) is 17.4 Å². The Morgan fingerprint density at radius 1 is 1.36 bits per heavy atom. The predicted octanol–water partition coefficient (Wildman–Crippen LogP) is -0.141. The molecule has 22 heavy (non-hydrogen) atoms. The summed E-state index contributed by atoms with van der Waals surface area (Å²) in [6.07, 6.45) is 1.52. The molecule has 0 saturated carbocycles. The topological polar surface area (TPSA) is 75.0 Å². The monoisotopic (exact) mass is 307 g/mol. The van der Waals surface area contributed by atoms with Crippen molar-refractivity contribution in [3.05, 3.63) is 23.7 Å². The highest BCUT2D eigenvalue weighted by Gasteiger charge is 2.51. The van der Waals surface area contributed by atoms with Gasteiger partial charge in [-0.15, -0.1) is 0 Å². The SMILES string of the molecule is CNC(=O)[C@H]1COC2(CN(C(=O)c3ccoc3C)C2)CN1C. The lowest BCUT2D eigenvalue weighted by Crippen LogP contribution is -2.73. The van der Waals surface area contributed by atoms with Crippen molar-refractivity contribution in [2.24, 2.45) is 0 Å². The van der Waals surface area contributed by atoms with Crippen LogP contribution in [0.2, 0.25) is 0 Å². The van der Waals surface area contributed by atoms with Crippen LogP contribution < -0.4 is 5.32 Å². The van der Waals surface area contributed by atoms with Gasteiger partial charge in [-0.25, -0.2) is 0 Å². The molecule has 1 spiro atoms. The van der Waals surface area contributed by atoms with E-state index in [9.17, 15) is 9.59 Å². The van der Waals surface area contributed by atoms with Crippen molar-refractivity contribution < 1.29 is 18.7 Å². The van der Waals surface area contributed by atoms with E-state index in [-0.39, 0.29) is 23.5 Å². The Kier molecular flexibility index (Phi) is 3.70. The Bertz CT molecular complexity index is 591. The van der Waals surface area contributed by atoms with E-state index >= 15 is 0 Å². The second-order valence-electron chi connectivity index (χ2n) is 6.09. The van der Waals surface area contributed by atoms with E-state index in [1.807, 2.05) is 11.9 Å². The lowest BCUT2D eigenvalue weighted by atomic mass is 9.90. The second kappa shape index (κ2) is 5.40. The summed E-state index contributed by atoms with van der Waals surface area (Å²) in [5.41, 5.74) is 0.245. The van der Waals surface area contributed by atoms with Gasteiger partial charge < -0.3 is 19.4 Å². The van der Waals surface area contributed by atoms with Gasteiger partial charge in [0.2, 0.25) is 5.91 Å². The molecule has 2 aliphatic rings. The van der Waals surface area contributed by atoms with Crippen LogP contribution >= 0.6 is 0 Å². The number of carbonyl (C=O) groups excluding carboxylic acids is 2. The smallest absolute Gasteiger partial charge is 0.257 e. The average Bonchev–Trinajstić information content (AvgIpc) is 2.89. The van der Waals surface area contributed by atoms with Crippen LogP contribution in [0.15, 0.2) is 16.7 Å². The summed E-state index contributed by atoms with van der Waals surface area (Å²) in [4.78, 5) is 27.9. The molecule has 1 aromatic heterocycles. The quantitative estimate of drug-likeness (QED) is 0.823. The minimum atomic E-state index is -0.355. The maximum absolute atomic E-state index is 12.4. The highest BCUT2D eigenvalue weighted by molar-refractivity contribution is 5.95. The molecule has 2 saturated heterocycles. The van der Waals surface area contributed by atoms with E-state index in [1.54, 1.807) is 24.9 Å². The lowest BCUT2D eigenvalue weighted by Gasteiger charge is -2.54. The van der Waals surface area contributed by atoms with Gasteiger partial charge in [0.05, 0.1) is 31.5 Å². The zero-order chi connectivity index (χ0) is 15.9. The standard InChI is InChI=1S/C15H21N3O4/c1-10-11(4-5-21-10)14(20)18-8-15(9-18)7-17(3)12(6-22-15)13(19)16-2/h4-5,12H,6-9H2,1-3H3,(H,16,19)/t12-/m1/s1. The largest absolute Gasteiger partial charge is 0.469 e. The van der Waals surface area contributed by atoms with Crippen LogP contribution in [0.1, 0.15) is 16.1 Å². The van der Waals surface area contributed by atoms with Crippen molar-refractivity contribution >= 4 is 11.8 Å². The van der Waals surface area contributed by atoms with Crippen molar-refractivity contribution in [2.75, 3.05) is 40.3 Å². The van der Waals surface area contributed by atoms with Crippen LogP contribution in [0.25, 0.3) is 0 Å². The molecule has 3 rings (SSSR count). The number of nitrogens with zero attached hydrogens (tertiary/aromatic N) is 2. The third-order valence-corrected chi connectivity index (χ3v) is 4.50. The fourth-order valence-corrected chi connectivity index (χ4v) is 3.20. The molecule has 1 N–H and O–H groups in total. The minimum absolute atomic E-state index is 0.0310. The van der Waals surface area contributed by atoms with Crippen LogP contribution in [0.5, 0.6) is 0 Å². The lowest BCUT2D eigenvalue weighted by molar-refractivity contribution is -0.187. The average molecular weight is 307 g/mol. The van der Waals surface area contributed by atoms with Gasteiger partial charge in [-0.05, 0) is 20.0 Å². The Morgan fingerprint density at radius 2 is 2.09 bits per heavy atom. The van der Waals surface area contributed by atoms with Gasteiger partial charge >= 0.3 is 0 Å². The number of hydrogen-bond donors (Lipinski definition) is 1.